The number of hydrogen-bond donors (Lipinski definition) is 0. The van der Waals surface area contributed by atoms with Crippen LogP contribution < -0.4 is 0 Å². The molecule has 0 aromatic carbocycles. The van der Waals surface area contributed by atoms with Gasteiger partial charge in [0.15, 0.2) is 0 Å². The van der Waals surface area contributed by atoms with E-state index >= 15 is 0 Å². The minimum Gasteiger partial charge on any atom is -0.374 e. The molecule has 3 aliphatic heterocycles. The fourth-order valence-electron chi connectivity index (χ4n) is 4.72. The Labute approximate surface area is 149 Å². The van der Waals surface area contributed by atoms with Gasteiger partial charge < -0.3 is 19.4 Å². The number of rotatable bonds is 4. The fourth-order valence-corrected chi connectivity index (χ4v) is 4.72. The molecule has 1 spiro atoms. The first-order chi connectivity index (χ1) is 11.6. The number of hydrogen-bond acceptors (Lipinski definition) is 4. The third-order valence-electron chi connectivity index (χ3n) is 6.83. The zero-order valence-electron chi connectivity index (χ0n) is 16.3. The SMILES string of the molecule is CC(C)N1CCC2(CCN(CCC3CCN(C)CC3)CCO2)CC1. The molecule has 3 rings (SSSR count). The average Bonchev–Trinajstić information content (AvgIpc) is 2.77. The van der Waals surface area contributed by atoms with E-state index in [9.17, 15) is 0 Å². The van der Waals surface area contributed by atoms with E-state index in [4.69, 9.17) is 4.74 Å². The van der Waals surface area contributed by atoms with E-state index in [1.54, 1.807) is 0 Å². The van der Waals surface area contributed by atoms with Crippen molar-refractivity contribution in [2.75, 3.05) is 59.5 Å². The van der Waals surface area contributed by atoms with Crippen molar-refractivity contribution >= 4 is 0 Å². The van der Waals surface area contributed by atoms with Gasteiger partial charge >= 0.3 is 0 Å². The number of ether oxygens (including phenoxy) is 1. The van der Waals surface area contributed by atoms with Gasteiger partial charge in [-0.25, -0.2) is 0 Å². The topological polar surface area (TPSA) is 19.0 Å². The molecule has 0 amide bonds. The highest BCUT2D eigenvalue weighted by Gasteiger charge is 2.37. The zero-order chi connectivity index (χ0) is 17.0. The molecule has 3 heterocycles. The van der Waals surface area contributed by atoms with Gasteiger partial charge in [0.1, 0.15) is 0 Å². The van der Waals surface area contributed by atoms with Gasteiger partial charge in [-0.2, -0.15) is 0 Å². The molecular weight excluding hydrogens is 298 g/mol. The standard InChI is InChI=1S/C20H39N3O/c1-18(2)23-14-8-20(9-15-23)7-13-22(16-17-24-20)12-6-19-4-10-21(3)11-5-19/h18-19H,4-17H2,1-3H3. The van der Waals surface area contributed by atoms with E-state index in [0.29, 0.717) is 6.04 Å². The number of nitrogens with zero attached hydrogens (tertiary/aromatic N) is 3. The van der Waals surface area contributed by atoms with Crippen LogP contribution in [0.25, 0.3) is 0 Å². The van der Waals surface area contributed by atoms with Crippen LogP contribution in [0.2, 0.25) is 0 Å². The maximum Gasteiger partial charge on any atom is 0.0719 e. The Kier molecular flexibility index (Phi) is 6.58. The minimum atomic E-state index is 0.188. The van der Waals surface area contributed by atoms with Crippen molar-refractivity contribution in [1.29, 1.82) is 0 Å². The van der Waals surface area contributed by atoms with Crippen molar-refractivity contribution in [3.63, 3.8) is 0 Å². The molecule has 4 heteroatoms. The van der Waals surface area contributed by atoms with E-state index in [1.807, 2.05) is 0 Å². The summed E-state index contributed by atoms with van der Waals surface area (Å²) in [6, 6.07) is 0.680. The molecule has 0 aromatic rings. The van der Waals surface area contributed by atoms with Crippen LogP contribution in [-0.4, -0.2) is 85.8 Å². The van der Waals surface area contributed by atoms with Crippen molar-refractivity contribution < 1.29 is 4.74 Å². The van der Waals surface area contributed by atoms with Crippen LogP contribution in [0.3, 0.4) is 0 Å². The predicted octanol–water partition coefficient (Wildman–Crippen LogP) is 2.68. The molecule has 24 heavy (non-hydrogen) atoms. The molecule has 4 nitrogen and oxygen atoms in total. The lowest BCUT2D eigenvalue weighted by Crippen LogP contribution is -2.48. The Morgan fingerprint density at radius 1 is 0.958 bits per heavy atom. The molecule has 0 atom stereocenters. The fraction of sp³-hybridized carbons (Fsp3) is 1.00. The van der Waals surface area contributed by atoms with Gasteiger partial charge in [0, 0.05) is 32.2 Å². The summed E-state index contributed by atoms with van der Waals surface area (Å²) in [5, 5.41) is 0. The summed E-state index contributed by atoms with van der Waals surface area (Å²) in [5.74, 6) is 0.952. The summed E-state index contributed by atoms with van der Waals surface area (Å²) in [4.78, 5) is 7.77. The maximum absolute atomic E-state index is 6.42. The smallest absolute Gasteiger partial charge is 0.0719 e. The third-order valence-corrected chi connectivity index (χ3v) is 6.83. The summed E-state index contributed by atoms with van der Waals surface area (Å²) in [6.45, 7) is 14.3. The lowest BCUT2D eigenvalue weighted by Gasteiger charge is -2.42. The van der Waals surface area contributed by atoms with Crippen LogP contribution in [0, 0.1) is 5.92 Å². The van der Waals surface area contributed by atoms with Gasteiger partial charge in [0.05, 0.1) is 12.2 Å². The molecule has 3 aliphatic rings. The van der Waals surface area contributed by atoms with Crippen LogP contribution in [-0.2, 0) is 4.74 Å². The van der Waals surface area contributed by atoms with Gasteiger partial charge in [-0.3, -0.25) is 0 Å². The first kappa shape index (κ1) is 18.6. The van der Waals surface area contributed by atoms with Gasteiger partial charge in [-0.15, -0.1) is 0 Å². The molecule has 0 N–H and O–H groups in total. The van der Waals surface area contributed by atoms with Gasteiger partial charge in [-0.05, 0) is 85.0 Å². The molecule has 0 aliphatic carbocycles. The second-order valence-corrected chi connectivity index (χ2v) is 8.79. The molecule has 0 saturated carbocycles. The van der Waals surface area contributed by atoms with Crippen molar-refractivity contribution in [2.45, 2.75) is 64.0 Å². The molecule has 140 valence electrons. The van der Waals surface area contributed by atoms with Crippen molar-refractivity contribution in [3.8, 4) is 0 Å². The quantitative estimate of drug-likeness (QED) is 0.785. The van der Waals surface area contributed by atoms with Crippen molar-refractivity contribution in [2.24, 2.45) is 5.92 Å². The van der Waals surface area contributed by atoms with E-state index in [2.05, 4.69) is 35.6 Å². The Balaban J connectivity index is 1.40. The Bertz CT molecular complexity index is 371. The highest BCUT2D eigenvalue weighted by atomic mass is 16.5. The maximum atomic E-state index is 6.42. The van der Waals surface area contributed by atoms with Gasteiger partial charge in [-0.1, -0.05) is 0 Å². The first-order valence-electron chi connectivity index (χ1n) is 10.4. The Morgan fingerprint density at radius 2 is 1.62 bits per heavy atom. The monoisotopic (exact) mass is 337 g/mol. The van der Waals surface area contributed by atoms with E-state index < -0.39 is 0 Å². The van der Waals surface area contributed by atoms with Gasteiger partial charge in [0.25, 0.3) is 0 Å². The Morgan fingerprint density at radius 3 is 2.29 bits per heavy atom. The average molecular weight is 338 g/mol. The second kappa shape index (κ2) is 8.48. The third kappa shape index (κ3) is 4.94. The summed E-state index contributed by atoms with van der Waals surface area (Å²) < 4.78 is 6.42. The van der Waals surface area contributed by atoms with Crippen molar-refractivity contribution in [1.82, 2.24) is 14.7 Å². The van der Waals surface area contributed by atoms with Crippen molar-refractivity contribution in [3.05, 3.63) is 0 Å². The predicted molar refractivity (Wildman–Crippen MR) is 101 cm³/mol. The summed E-state index contributed by atoms with van der Waals surface area (Å²) in [6.07, 6.45) is 7.89. The molecule has 0 bridgehead atoms. The van der Waals surface area contributed by atoms with E-state index in [0.717, 1.165) is 19.1 Å². The number of piperidine rings is 2. The van der Waals surface area contributed by atoms with Crippen LogP contribution in [0.15, 0.2) is 0 Å². The highest BCUT2D eigenvalue weighted by Crippen LogP contribution is 2.32. The molecule has 0 radical (unpaired) electrons. The Hall–Kier alpha value is -0.160. The zero-order valence-corrected chi connectivity index (χ0v) is 16.3. The molecular formula is C20H39N3O. The second-order valence-electron chi connectivity index (χ2n) is 8.79. The van der Waals surface area contributed by atoms with E-state index in [1.165, 1.54) is 77.8 Å². The van der Waals surface area contributed by atoms with Crippen LogP contribution in [0.1, 0.15) is 52.4 Å². The normalized spacial score (nSPS) is 28.5. The molecule has 3 fully saturated rings. The highest BCUT2D eigenvalue weighted by molar-refractivity contribution is 4.91. The van der Waals surface area contributed by atoms with Crippen LogP contribution in [0.4, 0.5) is 0 Å². The lowest BCUT2D eigenvalue weighted by molar-refractivity contribution is -0.0815. The van der Waals surface area contributed by atoms with Crippen LogP contribution >= 0.6 is 0 Å². The number of likely N-dealkylation sites (tertiary alicyclic amines) is 2. The largest absolute Gasteiger partial charge is 0.374 e. The minimum absolute atomic E-state index is 0.188. The summed E-state index contributed by atoms with van der Waals surface area (Å²) in [7, 11) is 2.26. The summed E-state index contributed by atoms with van der Waals surface area (Å²) in [5.41, 5.74) is 0.188. The first-order valence-corrected chi connectivity index (χ1v) is 10.4. The van der Waals surface area contributed by atoms with Crippen LogP contribution in [0.5, 0.6) is 0 Å². The van der Waals surface area contributed by atoms with Gasteiger partial charge in [0.2, 0.25) is 0 Å². The summed E-state index contributed by atoms with van der Waals surface area (Å²) >= 11 is 0. The lowest BCUT2D eigenvalue weighted by atomic mass is 9.87. The van der Waals surface area contributed by atoms with E-state index in [-0.39, 0.29) is 5.60 Å². The molecule has 0 unspecified atom stereocenters. The molecule has 3 saturated heterocycles. The molecule has 0 aromatic heterocycles.